The van der Waals surface area contributed by atoms with Crippen molar-refractivity contribution in [3.8, 4) is 0 Å². The monoisotopic (exact) mass is 504 g/mol. The van der Waals surface area contributed by atoms with E-state index < -0.39 is 5.16 Å². The van der Waals surface area contributed by atoms with E-state index in [-0.39, 0.29) is 0 Å². The van der Waals surface area contributed by atoms with Gasteiger partial charge in [-0.25, -0.2) is 19.9 Å². The zero-order valence-electron chi connectivity index (χ0n) is 21.2. The fourth-order valence-electron chi connectivity index (χ4n) is 8.19. The largest absolute Gasteiger partial charge is 0.240 e. The molecule has 2 heterocycles. The van der Waals surface area contributed by atoms with Crippen LogP contribution in [0.25, 0.3) is 0 Å². The van der Waals surface area contributed by atoms with Gasteiger partial charge in [-0.15, -0.1) is 17.8 Å². The maximum Gasteiger partial charge on any atom is 0.149 e. The highest BCUT2D eigenvalue weighted by Gasteiger charge is 2.57. The number of aromatic nitrogens is 4. The third-order valence-corrected chi connectivity index (χ3v) is 11.9. The summed E-state index contributed by atoms with van der Waals surface area (Å²) in [6.45, 7) is 7.32. The Morgan fingerprint density at radius 2 is 1.34 bits per heavy atom. The quantitative estimate of drug-likeness (QED) is 0.418. The van der Waals surface area contributed by atoms with Crippen LogP contribution in [-0.4, -0.2) is 30.8 Å². The number of rotatable bonds is 6. The van der Waals surface area contributed by atoms with Crippen LogP contribution in [0.2, 0.25) is 0 Å². The lowest BCUT2D eigenvalue weighted by Crippen LogP contribution is -2.53. The summed E-state index contributed by atoms with van der Waals surface area (Å²) in [5.74, 6) is 4.72. The van der Waals surface area contributed by atoms with Gasteiger partial charge in [0, 0.05) is 30.7 Å². The molecule has 5 aliphatic carbocycles. The highest BCUT2D eigenvalue weighted by molar-refractivity contribution is 7.40. The van der Waals surface area contributed by atoms with Gasteiger partial charge in [-0.05, 0) is 90.2 Å². The zero-order chi connectivity index (χ0) is 24.3. The highest BCUT2D eigenvalue weighted by Crippen LogP contribution is 2.67. The fraction of sp³-hybridized carbons (Fsp3) is 0.586. The summed E-state index contributed by atoms with van der Waals surface area (Å²) in [4.78, 5) is 19.0. The Balaban J connectivity index is 1.46. The lowest BCUT2D eigenvalue weighted by atomic mass is 9.47. The molecular formula is C29H38N4P2. The zero-order valence-corrected chi connectivity index (χ0v) is 23.3. The van der Waals surface area contributed by atoms with Gasteiger partial charge in [0.15, 0.2) is 0 Å². The van der Waals surface area contributed by atoms with Crippen molar-refractivity contribution in [2.24, 2.45) is 29.1 Å². The van der Waals surface area contributed by atoms with E-state index in [0.29, 0.717) is 22.1 Å². The van der Waals surface area contributed by atoms with E-state index in [1.54, 1.807) is 0 Å². The van der Waals surface area contributed by atoms with Crippen LogP contribution in [-0.2, 0) is 5.16 Å². The smallest absolute Gasteiger partial charge is 0.149 e. The third kappa shape index (κ3) is 4.23. The fourth-order valence-corrected chi connectivity index (χ4v) is 10.8. The molecule has 184 valence electrons. The van der Waals surface area contributed by atoms with Gasteiger partial charge in [-0.3, -0.25) is 0 Å². The first-order valence-electron chi connectivity index (χ1n) is 13.3. The van der Waals surface area contributed by atoms with Crippen LogP contribution in [0, 0.1) is 29.1 Å². The molecule has 0 radical (unpaired) electrons. The molecule has 4 nitrogen and oxygen atoms in total. The minimum absolute atomic E-state index is 0.297. The van der Waals surface area contributed by atoms with Crippen molar-refractivity contribution < 1.29 is 0 Å². The minimum atomic E-state index is -0.639. The first kappa shape index (κ1) is 23.9. The van der Waals surface area contributed by atoms with Gasteiger partial charge >= 0.3 is 0 Å². The number of allylic oxidation sites excluding steroid dienone is 4. The second-order valence-corrected chi connectivity index (χ2v) is 15.9. The Hall–Kier alpha value is -1.50. The Morgan fingerprint density at radius 3 is 1.80 bits per heavy atom. The summed E-state index contributed by atoms with van der Waals surface area (Å²) in [7, 11) is 4.01. The molecule has 2 aromatic rings. The predicted octanol–water partition coefficient (Wildman–Crippen LogP) is 6.56. The Morgan fingerprint density at radius 1 is 0.857 bits per heavy atom. The van der Waals surface area contributed by atoms with Crippen LogP contribution in [0.15, 0.2) is 60.7 Å². The van der Waals surface area contributed by atoms with E-state index in [1.807, 2.05) is 36.9 Å². The molecule has 6 heteroatoms. The molecule has 4 fully saturated rings. The molecule has 4 saturated carbocycles. The lowest BCUT2D eigenvalue weighted by Gasteiger charge is -2.61. The topological polar surface area (TPSA) is 51.6 Å². The van der Waals surface area contributed by atoms with Crippen LogP contribution in [0.4, 0.5) is 0 Å². The lowest BCUT2D eigenvalue weighted by molar-refractivity contribution is -0.0577. The van der Waals surface area contributed by atoms with Crippen LogP contribution in [0.5, 0.6) is 0 Å². The molecule has 0 saturated heterocycles. The van der Waals surface area contributed by atoms with E-state index >= 15 is 0 Å². The van der Waals surface area contributed by atoms with Gasteiger partial charge in [0.25, 0.3) is 0 Å². The normalized spacial score (nSPS) is 33.0. The first-order chi connectivity index (χ1) is 16.8. The summed E-state index contributed by atoms with van der Waals surface area (Å²) >= 11 is 0. The van der Waals surface area contributed by atoms with Crippen molar-refractivity contribution in [1.82, 2.24) is 19.9 Å². The molecule has 0 amide bonds. The Bertz CT molecular complexity index is 1050. The van der Waals surface area contributed by atoms with Gasteiger partial charge in [0.1, 0.15) is 16.8 Å². The van der Waals surface area contributed by atoms with E-state index in [9.17, 15) is 0 Å². The number of hydrogen-bond acceptors (Lipinski definition) is 4. The van der Waals surface area contributed by atoms with Gasteiger partial charge in [-0.2, -0.15) is 0 Å². The summed E-state index contributed by atoms with van der Waals surface area (Å²) in [6.07, 6.45) is 23.2. The number of nitrogens with zero attached hydrogens (tertiary/aromatic N) is 4. The SMILES string of the molecule is CC(C)(C)PC(C1C=CC=C1C(P)(c1ncccn1)c1ncccn1)C12CC3CC(CC(C3)C1)C2. The van der Waals surface area contributed by atoms with Gasteiger partial charge in [-0.1, -0.05) is 39.0 Å². The van der Waals surface area contributed by atoms with E-state index in [2.05, 4.69) is 48.2 Å². The molecule has 4 bridgehead atoms. The van der Waals surface area contributed by atoms with E-state index in [1.165, 1.54) is 44.1 Å². The van der Waals surface area contributed by atoms with Crippen LogP contribution >= 0.6 is 17.8 Å². The van der Waals surface area contributed by atoms with Gasteiger partial charge < -0.3 is 0 Å². The molecule has 4 atom stereocenters. The second-order valence-electron chi connectivity index (χ2n) is 12.6. The summed E-state index contributed by atoms with van der Waals surface area (Å²) in [5.41, 5.74) is 2.44. The summed E-state index contributed by atoms with van der Waals surface area (Å²) in [5, 5.41) is -0.342. The second kappa shape index (κ2) is 8.81. The summed E-state index contributed by atoms with van der Waals surface area (Å²) < 4.78 is 0. The molecule has 0 aliphatic heterocycles. The van der Waals surface area contributed by atoms with E-state index in [0.717, 1.165) is 38.0 Å². The van der Waals surface area contributed by atoms with Crippen molar-refractivity contribution in [2.45, 2.75) is 75.3 Å². The summed E-state index contributed by atoms with van der Waals surface area (Å²) in [6, 6.07) is 3.77. The molecule has 35 heavy (non-hydrogen) atoms. The van der Waals surface area contributed by atoms with Crippen LogP contribution in [0.1, 0.15) is 70.9 Å². The minimum Gasteiger partial charge on any atom is -0.240 e. The molecule has 2 aromatic heterocycles. The molecule has 7 rings (SSSR count). The Kier molecular flexibility index (Phi) is 6.01. The third-order valence-electron chi connectivity index (χ3n) is 8.94. The van der Waals surface area contributed by atoms with Gasteiger partial charge in [0.05, 0.1) is 0 Å². The van der Waals surface area contributed by atoms with Crippen LogP contribution in [0.3, 0.4) is 0 Å². The maximum absolute atomic E-state index is 4.75. The first-order valence-corrected chi connectivity index (χ1v) is 14.9. The van der Waals surface area contributed by atoms with Crippen molar-refractivity contribution in [1.29, 1.82) is 0 Å². The predicted molar refractivity (Wildman–Crippen MR) is 148 cm³/mol. The van der Waals surface area contributed by atoms with Crippen molar-refractivity contribution >= 4 is 17.8 Å². The average molecular weight is 505 g/mol. The molecule has 5 aliphatic rings. The van der Waals surface area contributed by atoms with E-state index in [4.69, 9.17) is 19.9 Å². The van der Waals surface area contributed by atoms with Crippen molar-refractivity contribution in [3.05, 3.63) is 72.4 Å². The Labute approximate surface area is 214 Å². The molecule has 0 spiro atoms. The molecule has 0 N–H and O–H groups in total. The highest BCUT2D eigenvalue weighted by atomic mass is 31.1. The molecular weight excluding hydrogens is 466 g/mol. The maximum atomic E-state index is 4.75. The van der Waals surface area contributed by atoms with Crippen molar-refractivity contribution in [3.63, 3.8) is 0 Å². The number of hydrogen-bond donors (Lipinski definition) is 0. The average Bonchev–Trinajstić information content (AvgIpc) is 3.32. The molecule has 0 aromatic carbocycles. The standard InChI is InChI=1S/C29H38N4P2/c1-27(2,3)35-24(28-16-19-13-20(17-28)15-21(14-19)18-28)22-7-4-8-23(22)29(34,25-30-9-5-10-31-25)26-32-11-6-12-33-26/h4-12,19-22,24,35H,13-18,34H2,1-3H3. The van der Waals surface area contributed by atoms with Gasteiger partial charge in [0.2, 0.25) is 0 Å². The van der Waals surface area contributed by atoms with Crippen LogP contribution < -0.4 is 0 Å². The van der Waals surface area contributed by atoms with Crippen molar-refractivity contribution in [2.75, 3.05) is 0 Å². The molecule has 4 unspecified atom stereocenters.